The summed E-state index contributed by atoms with van der Waals surface area (Å²) in [5, 5.41) is 107. The van der Waals surface area contributed by atoms with Gasteiger partial charge >= 0.3 is 0 Å². The lowest BCUT2D eigenvalue weighted by molar-refractivity contribution is -0.400. The number of aliphatic hydroxyl groups excluding tert-OH is 10. The Hall–Kier alpha value is -0.760. The lowest BCUT2D eigenvalue weighted by Crippen LogP contribution is -2.69. The van der Waals surface area contributed by atoms with Gasteiger partial charge in [0.1, 0.15) is 97.7 Å². The summed E-state index contributed by atoms with van der Waals surface area (Å²) in [7, 11) is 0. The first-order chi connectivity index (χ1) is 29.4. The van der Waals surface area contributed by atoms with Gasteiger partial charge in [0.15, 0.2) is 24.7 Å². The van der Waals surface area contributed by atoms with Crippen molar-refractivity contribution in [3.63, 3.8) is 0 Å². The highest BCUT2D eigenvalue weighted by Gasteiger charge is 2.61. The van der Waals surface area contributed by atoms with Gasteiger partial charge in [-0.05, 0) is 6.42 Å². The molecule has 356 valence electrons. The van der Waals surface area contributed by atoms with Crippen molar-refractivity contribution in [3.8, 4) is 0 Å². The van der Waals surface area contributed by atoms with E-state index in [1.54, 1.807) is 0 Å². The van der Waals surface area contributed by atoms with Crippen LogP contribution in [0.2, 0.25) is 0 Å². The maximum Gasteiger partial charge on any atom is 0.198 e. The van der Waals surface area contributed by atoms with Crippen LogP contribution in [0.5, 0.6) is 0 Å². The highest BCUT2D eigenvalue weighted by Crippen LogP contribution is 2.43. The fourth-order valence-corrected chi connectivity index (χ4v) is 9.64. The van der Waals surface area contributed by atoms with E-state index in [9.17, 15) is 51.1 Å². The van der Waals surface area contributed by atoms with Gasteiger partial charge in [0.2, 0.25) is 0 Å². The SMILES string of the molecule is CCCCCCCCCCCCCCCCCC[C@@]1(O[C@@H]2[C@H]3OC[C@@H]2O[C@@H](O[C@@H]2[C@@H](O)[C@H](O[C@@H]4[C@H]5OC[C@@H]4O[C@@H](O)[C@H]5O)O[C@H](CO)[C@H]2O)[C@H]3O)O[C@H](CO)[C@H](O)[C@H](O)[C@H]1O. The topological polar surface area (TPSA) is 285 Å². The zero-order chi connectivity index (χ0) is 43.7. The van der Waals surface area contributed by atoms with Crippen molar-refractivity contribution in [3.05, 3.63) is 0 Å². The zero-order valence-electron chi connectivity index (χ0n) is 35.5. The molecule has 0 spiro atoms. The minimum absolute atomic E-state index is 0.0184. The van der Waals surface area contributed by atoms with Gasteiger partial charge in [0.25, 0.3) is 0 Å². The van der Waals surface area contributed by atoms with Gasteiger partial charge in [-0.2, -0.15) is 0 Å². The van der Waals surface area contributed by atoms with Gasteiger partial charge < -0.3 is 93.7 Å². The molecule has 6 fully saturated rings. The fourth-order valence-electron chi connectivity index (χ4n) is 9.64. The average molecular weight is 883 g/mol. The lowest BCUT2D eigenvalue weighted by atomic mass is 9.88. The largest absolute Gasteiger partial charge is 0.394 e. The standard InChI is InChI=1S/C42H74O19/c1-2-3-4-5-6-7-8-9-10-11-12-13-14-15-16-17-18-42(38(51)29(47)27(45)24(20-44)60-42)61-34-26-22-54-37(34)32(50)41(57-26)59-35-28(46)23(19-43)56-40(31(35)49)58-33-25-21-53-36(33)30(48)39(52)55-25/h23-41,43-52H,2-22H2,1H3/t23-,24-,25+,26+,27+,28-,29+,30+,31-,32+,33+,34+,35+,36+,37+,38-,39-,40+,41+,42+/m1/s1. The van der Waals surface area contributed by atoms with E-state index in [2.05, 4.69) is 6.92 Å². The Bertz CT molecular complexity index is 1270. The lowest BCUT2D eigenvalue weighted by Gasteiger charge is -2.51. The summed E-state index contributed by atoms with van der Waals surface area (Å²) in [4.78, 5) is 0. The van der Waals surface area contributed by atoms with E-state index < -0.39 is 136 Å². The zero-order valence-corrected chi connectivity index (χ0v) is 35.5. The van der Waals surface area contributed by atoms with Gasteiger partial charge in [-0.1, -0.05) is 103 Å². The summed E-state index contributed by atoms with van der Waals surface area (Å²) in [6.45, 7) is 0.737. The Balaban J connectivity index is 1.01. The number of aliphatic hydroxyl groups is 10. The second-order valence-electron chi connectivity index (χ2n) is 17.8. The molecule has 19 heteroatoms. The van der Waals surface area contributed by atoms with Crippen LogP contribution >= 0.6 is 0 Å². The summed E-state index contributed by atoms with van der Waals surface area (Å²) in [6, 6.07) is 0. The molecule has 0 amide bonds. The summed E-state index contributed by atoms with van der Waals surface area (Å²) >= 11 is 0. The quantitative estimate of drug-likeness (QED) is 0.0511. The van der Waals surface area contributed by atoms with Crippen molar-refractivity contribution in [2.24, 2.45) is 0 Å². The number of hydrogen-bond donors (Lipinski definition) is 10. The molecule has 0 aromatic rings. The van der Waals surface area contributed by atoms with E-state index in [0.29, 0.717) is 6.42 Å². The number of fused-ring (bicyclic) bond motifs is 4. The van der Waals surface area contributed by atoms with Crippen molar-refractivity contribution >= 4 is 0 Å². The van der Waals surface area contributed by atoms with Gasteiger partial charge in [0.05, 0.1) is 26.4 Å². The molecule has 0 aromatic carbocycles. The third-order valence-corrected chi connectivity index (χ3v) is 13.3. The molecule has 10 N–H and O–H groups in total. The Morgan fingerprint density at radius 3 is 1.57 bits per heavy atom. The maximum atomic E-state index is 11.6. The van der Waals surface area contributed by atoms with Crippen LogP contribution in [0.1, 0.15) is 116 Å². The maximum absolute atomic E-state index is 11.6. The second kappa shape index (κ2) is 23.6. The number of unbranched alkanes of at least 4 members (excludes halogenated alkanes) is 15. The van der Waals surface area contributed by atoms with Crippen LogP contribution in [0.4, 0.5) is 0 Å². The van der Waals surface area contributed by atoms with Gasteiger partial charge in [-0.25, -0.2) is 0 Å². The Kier molecular flexibility index (Phi) is 19.2. The molecular weight excluding hydrogens is 808 g/mol. The summed E-state index contributed by atoms with van der Waals surface area (Å²) < 4.78 is 53.0. The molecule has 6 aliphatic rings. The number of hydrogen-bond acceptors (Lipinski definition) is 19. The minimum atomic E-state index is -1.92. The molecule has 6 aliphatic heterocycles. The van der Waals surface area contributed by atoms with Crippen molar-refractivity contribution in [2.45, 2.75) is 238 Å². The number of ether oxygens (including phenoxy) is 9. The van der Waals surface area contributed by atoms with E-state index in [1.165, 1.54) is 70.6 Å². The fraction of sp³-hybridized carbons (Fsp3) is 1.00. The van der Waals surface area contributed by atoms with Crippen LogP contribution in [0.3, 0.4) is 0 Å². The average Bonchev–Trinajstić information content (AvgIpc) is 3.74. The van der Waals surface area contributed by atoms with E-state index in [0.717, 1.165) is 25.7 Å². The molecule has 6 saturated heterocycles. The van der Waals surface area contributed by atoms with E-state index in [4.69, 9.17) is 42.6 Å². The first kappa shape index (κ1) is 49.7. The van der Waals surface area contributed by atoms with Crippen LogP contribution in [-0.4, -0.2) is 200 Å². The third-order valence-electron chi connectivity index (χ3n) is 13.3. The van der Waals surface area contributed by atoms with Crippen LogP contribution < -0.4 is 0 Å². The molecule has 0 radical (unpaired) electrons. The second-order valence-corrected chi connectivity index (χ2v) is 17.8. The summed E-state index contributed by atoms with van der Waals surface area (Å²) in [5.74, 6) is -1.92. The Labute approximate surface area is 358 Å². The van der Waals surface area contributed by atoms with E-state index >= 15 is 0 Å². The first-order valence-corrected chi connectivity index (χ1v) is 23.0. The van der Waals surface area contributed by atoms with Crippen LogP contribution in [0.25, 0.3) is 0 Å². The third kappa shape index (κ3) is 11.8. The predicted molar refractivity (Wildman–Crippen MR) is 210 cm³/mol. The minimum Gasteiger partial charge on any atom is -0.394 e. The highest BCUT2D eigenvalue weighted by atomic mass is 16.8. The monoisotopic (exact) mass is 882 g/mol. The normalized spacial score (nSPS) is 44.8. The molecule has 0 aromatic heterocycles. The predicted octanol–water partition coefficient (Wildman–Crippen LogP) is -0.636. The molecule has 19 nitrogen and oxygen atoms in total. The molecule has 0 saturated carbocycles. The molecule has 0 aliphatic carbocycles. The van der Waals surface area contributed by atoms with Crippen LogP contribution in [-0.2, 0) is 42.6 Å². The molecule has 0 unspecified atom stereocenters. The van der Waals surface area contributed by atoms with Crippen molar-refractivity contribution in [1.82, 2.24) is 0 Å². The highest BCUT2D eigenvalue weighted by molar-refractivity contribution is 5.04. The molecule has 6 heterocycles. The van der Waals surface area contributed by atoms with Crippen LogP contribution in [0, 0.1) is 0 Å². The molecular formula is C42H74O19. The number of rotatable bonds is 25. The Morgan fingerprint density at radius 2 is 1.00 bits per heavy atom. The molecule has 4 bridgehead atoms. The van der Waals surface area contributed by atoms with Gasteiger partial charge in [0, 0.05) is 6.42 Å². The smallest absolute Gasteiger partial charge is 0.198 e. The molecule has 61 heavy (non-hydrogen) atoms. The van der Waals surface area contributed by atoms with Crippen molar-refractivity contribution in [2.75, 3.05) is 26.4 Å². The van der Waals surface area contributed by atoms with E-state index in [-0.39, 0.29) is 19.6 Å². The van der Waals surface area contributed by atoms with Crippen LogP contribution in [0.15, 0.2) is 0 Å². The summed E-state index contributed by atoms with van der Waals surface area (Å²) in [5.41, 5.74) is 0. The van der Waals surface area contributed by atoms with E-state index in [1.807, 2.05) is 0 Å². The van der Waals surface area contributed by atoms with Crippen molar-refractivity contribution in [1.29, 1.82) is 0 Å². The molecule has 20 atom stereocenters. The Morgan fingerprint density at radius 1 is 0.492 bits per heavy atom. The first-order valence-electron chi connectivity index (χ1n) is 23.0. The summed E-state index contributed by atoms with van der Waals surface area (Å²) in [6.07, 6.45) is -7.62. The molecule has 6 rings (SSSR count). The van der Waals surface area contributed by atoms with Gasteiger partial charge in [-0.3, -0.25) is 0 Å². The van der Waals surface area contributed by atoms with Crippen molar-refractivity contribution < 1.29 is 93.7 Å². The van der Waals surface area contributed by atoms with Gasteiger partial charge in [-0.15, -0.1) is 0 Å².